The van der Waals surface area contributed by atoms with Gasteiger partial charge in [0.1, 0.15) is 29.4 Å². The van der Waals surface area contributed by atoms with E-state index in [1.54, 1.807) is 26.0 Å². The van der Waals surface area contributed by atoms with Crippen LogP contribution in [0, 0.1) is 0 Å². The van der Waals surface area contributed by atoms with Crippen molar-refractivity contribution in [2.75, 3.05) is 6.54 Å². The molecular formula is C29H44N4O7. The van der Waals surface area contributed by atoms with Gasteiger partial charge in [-0.2, -0.15) is 0 Å². The molecule has 2 heterocycles. The van der Waals surface area contributed by atoms with E-state index in [4.69, 9.17) is 0 Å². The molecule has 3 rings (SSSR count). The second kappa shape index (κ2) is 13.9. The van der Waals surface area contributed by atoms with E-state index in [1.165, 1.54) is 24.0 Å². The van der Waals surface area contributed by atoms with E-state index >= 15 is 0 Å². The van der Waals surface area contributed by atoms with E-state index in [2.05, 4.69) is 16.0 Å². The summed E-state index contributed by atoms with van der Waals surface area (Å²) in [6.07, 6.45) is 2.47. The number of nitrogens with one attached hydrogen (secondary N) is 3. The van der Waals surface area contributed by atoms with Crippen LogP contribution in [0.5, 0.6) is 5.75 Å². The highest BCUT2D eigenvalue weighted by Gasteiger charge is 2.43. The highest BCUT2D eigenvalue weighted by molar-refractivity contribution is 5.99. The minimum absolute atomic E-state index is 0.0405. The smallest absolute Gasteiger partial charge is 0.246 e. The van der Waals surface area contributed by atoms with Crippen molar-refractivity contribution in [2.45, 2.75) is 114 Å². The third kappa shape index (κ3) is 7.94. The van der Waals surface area contributed by atoms with Gasteiger partial charge >= 0.3 is 0 Å². The van der Waals surface area contributed by atoms with Crippen molar-refractivity contribution in [3.63, 3.8) is 0 Å². The van der Waals surface area contributed by atoms with Gasteiger partial charge in [0.05, 0.1) is 12.2 Å². The zero-order valence-electron chi connectivity index (χ0n) is 23.7. The number of hydrogen-bond donors (Lipinski definition) is 6. The summed E-state index contributed by atoms with van der Waals surface area (Å²) in [5, 5.41) is 37.7. The SMILES string of the molecule is CC[C@]1(C)NC(=O)[C@H](CCCCCC(O)[C@@H](C)O)NC(=O)[C@H]2CCCN2C(=O)[C@H](Cc2cccc(O)c2)NC1=O. The molecule has 222 valence electrons. The third-order valence-corrected chi connectivity index (χ3v) is 8.08. The van der Waals surface area contributed by atoms with Gasteiger partial charge < -0.3 is 36.2 Å². The molecule has 0 saturated carbocycles. The van der Waals surface area contributed by atoms with Crippen LogP contribution in [0.25, 0.3) is 0 Å². The molecule has 2 aliphatic heterocycles. The second-order valence-corrected chi connectivity index (χ2v) is 11.3. The Hall–Kier alpha value is -3.18. The van der Waals surface area contributed by atoms with Crippen molar-refractivity contribution in [3.05, 3.63) is 29.8 Å². The molecule has 1 aromatic carbocycles. The van der Waals surface area contributed by atoms with Gasteiger partial charge in [-0.05, 0) is 63.6 Å². The molecule has 2 fully saturated rings. The molecule has 1 aromatic rings. The molecule has 0 spiro atoms. The lowest BCUT2D eigenvalue weighted by Gasteiger charge is -2.36. The first kappa shape index (κ1) is 31.3. The van der Waals surface area contributed by atoms with Crippen molar-refractivity contribution in [2.24, 2.45) is 0 Å². The molecule has 4 amide bonds. The maximum atomic E-state index is 13.8. The van der Waals surface area contributed by atoms with E-state index in [0.717, 1.165) is 0 Å². The monoisotopic (exact) mass is 560 g/mol. The summed E-state index contributed by atoms with van der Waals surface area (Å²) in [5.74, 6) is -1.73. The molecule has 2 saturated heterocycles. The Morgan fingerprint density at radius 2 is 1.80 bits per heavy atom. The number of aliphatic hydroxyl groups is 2. The maximum absolute atomic E-state index is 13.8. The first-order chi connectivity index (χ1) is 18.9. The average molecular weight is 561 g/mol. The molecule has 11 heteroatoms. The lowest BCUT2D eigenvalue weighted by molar-refractivity contribution is -0.144. The number of nitrogens with zero attached hydrogens (tertiary/aromatic N) is 1. The van der Waals surface area contributed by atoms with Crippen LogP contribution >= 0.6 is 0 Å². The number of carbonyl (C=O) groups is 4. The summed E-state index contributed by atoms with van der Waals surface area (Å²) in [4.78, 5) is 55.6. The Kier molecular flexibility index (Phi) is 10.9. The molecule has 6 N–H and O–H groups in total. The van der Waals surface area contributed by atoms with E-state index in [-0.39, 0.29) is 24.5 Å². The largest absolute Gasteiger partial charge is 0.508 e. The fourth-order valence-electron chi connectivity index (χ4n) is 5.26. The van der Waals surface area contributed by atoms with Gasteiger partial charge in [0, 0.05) is 13.0 Å². The Balaban J connectivity index is 1.82. The van der Waals surface area contributed by atoms with Crippen LogP contribution in [0.3, 0.4) is 0 Å². The van der Waals surface area contributed by atoms with Crippen LogP contribution in [0.4, 0.5) is 0 Å². The molecule has 11 nitrogen and oxygen atoms in total. The molecule has 2 aliphatic rings. The molecule has 40 heavy (non-hydrogen) atoms. The fourth-order valence-corrected chi connectivity index (χ4v) is 5.26. The fraction of sp³-hybridized carbons (Fsp3) is 0.655. The van der Waals surface area contributed by atoms with Crippen molar-refractivity contribution in [3.8, 4) is 5.75 Å². The number of phenolic OH excluding ortho intramolecular Hbond substituents is 1. The van der Waals surface area contributed by atoms with Crippen LogP contribution < -0.4 is 16.0 Å². The van der Waals surface area contributed by atoms with Gasteiger partial charge in [-0.25, -0.2) is 0 Å². The summed E-state index contributed by atoms with van der Waals surface area (Å²) < 4.78 is 0. The molecule has 0 aromatic heterocycles. The van der Waals surface area contributed by atoms with Crippen molar-refractivity contribution >= 4 is 23.6 Å². The van der Waals surface area contributed by atoms with Crippen molar-refractivity contribution in [1.29, 1.82) is 0 Å². The maximum Gasteiger partial charge on any atom is 0.246 e. The summed E-state index contributed by atoms with van der Waals surface area (Å²) >= 11 is 0. The highest BCUT2D eigenvalue weighted by Crippen LogP contribution is 2.23. The highest BCUT2D eigenvalue weighted by atomic mass is 16.3. The number of fused-ring (bicyclic) bond motifs is 1. The quantitative estimate of drug-likeness (QED) is 0.231. The first-order valence-electron chi connectivity index (χ1n) is 14.3. The van der Waals surface area contributed by atoms with Crippen molar-refractivity contribution in [1.82, 2.24) is 20.9 Å². The predicted molar refractivity (Wildman–Crippen MR) is 148 cm³/mol. The van der Waals surface area contributed by atoms with Gasteiger partial charge in [0.15, 0.2) is 0 Å². The van der Waals surface area contributed by atoms with Gasteiger partial charge in [-0.3, -0.25) is 19.2 Å². The van der Waals surface area contributed by atoms with Gasteiger partial charge in [0.2, 0.25) is 23.6 Å². The lowest BCUT2D eigenvalue weighted by Crippen LogP contribution is -2.65. The second-order valence-electron chi connectivity index (χ2n) is 11.3. The summed E-state index contributed by atoms with van der Waals surface area (Å²) in [6.45, 7) is 5.24. The predicted octanol–water partition coefficient (Wildman–Crippen LogP) is 0.886. The van der Waals surface area contributed by atoms with E-state index < -0.39 is 53.6 Å². The molecule has 0 bridgehead atoms. The standard InChI is InChI=1S/C29H44N4O7/c1-4-29(3)28(40)31-22(17-19-10-8-11-20(35)16-19)27(39)33-15-9-13-23(33)26(38)30-21(25(37)32-29)12-6-5-7-14-24(36)18(2)34/h8,10-11,16,18,21-24,34-36H,4-7,9,12-15,17H2,1-3H3,(H,30,38)(H,31,40)(H,32,37)/t18-,21+,22+,23-,24?,29+/m1/s1. The minimum atomic E-state index is -1.33. The Labute approximate surface area is 235 Å². The number of unbranched alkanes of at least 4 members (excludes halogenated alkanes) is 2. The van der Waals surface area contributed by atoms with Gasteiger partial charge in [-0.15, -0.1) is 0 Å². The molecule has 6 atom stereocenters. The zero-order valence-corrected chi connectivity index (χ0v) is 23.7. The van der Waals surface area contributed by atoms with Crippen LogP contribution in [0.2, 0.25) is 0 Å². The Morgan fingerprint density at radius 1 is 1.05 bits per heavy atom. The van der Waals surface area contributed by atoms with Crippen LogP contribution in [0.1, 0.15) is 77.7 Å². The summed E-state index contributed by atoms with van der Waals surface area (Å²) in [7, 11) is 0. The number of amides is 4. The normalized spacial score (nSPS) is 27.5. The number of carbonyl (C=O) groups excluding carboxylic acids is 4. The Bertz CT molecular complexity index is 1060. The number of phenols is 1. The molecule has 0 radical (unpaired) electrons. The molecular weight excluding hydrogens is 516 g/mol. The summed E-state index contributed by atoms with van der Waals surface area (Å²) in [5.41, 5.74) is -0.684. The van der Waals surface area contributed by atoms with Crippen LogP contribution in [0.15, 0.2) is 24.3 Å². The number of rotatable bonds is 10. The number of aliphatic hydroxyl groups excluding tert-OH is 2. The van der Waals surface area contributed by atoms with Gasteiger partial charge in [-0.1, -0.05) is 38.3 Å². The molecule has 1 unspecified atom stereocenters. The molecule has 0 aliphatic carbocycles. The summed E-state index contributed by atoms with van der Waals surface area (Å²) in [6, 6.07) is 3.81. The van der Waals surface area contributed by atoms with Gasteiger partial charge in [0.25, 0.3) is 0 Å². The zero-order chi connectivity index (χ0) is 29.4. The number of benzene rings is 1. The number of aromatic hydroxyl groups is 1. The van der Waals surface area contributed by atoms with E-state index in [1.807, 2.05) is 0 Å². The minimum Gasteiger partial charge on any atom is -0.508 e. The first-order valence-corrected chi connectivity index (χ1v) is 14.3. The Morgan fingerprint density at radius 3 is 2.48 bits per heavy atom. The van der Waals surface area contributed by atoms with E-state index in [9.17, 15) is 34.5 Å². The van der Waals surface area contributed by atoms with Crippen molar-refractivity contribution < 1.29 is 34.5 Å². The van der Waals surface area contributed by atoms with Crippen LogP contribution in [-0.4, -0.2) is 86.3 Å². The average Bonchev–Trinajstić information content (AvgIpc) is 3.40. The lowest BCUT2D eigenvalue weighted by atomic mass is 9.94. The number of hydrogen-bond acceptors (Lipinski definition) is 7. The third-order valence-electron chi connectivity index (χ3n) is 8.08. The topological polar surface area (TPSA) is 168 Å². The van der Waals surface area contributed by atoms with E-state index in [0.29, 0.717) is 57.1 Å². The van der Waals surface area contributed by atoms with Crippen LogP contribution in [-0.2, 0) is 25.6 Å².